The van der Waals surface area contributed by atoms with Crippen LogP contribution in [0.3, 0.4) is 0 Å². The van der Waals surface area contributed by atoms with E-state index in [9.17, 15) is 5.26 Å². The highest BCUT2D eigenvalue weighted by molar-refractivity contribution is 6.42. The van der Waals surface area contributed by atoms with Crippen molar-refractivity contribution in [1.29, 1.82) is 5.26 Å². The Morgan fingerprint density at radius 1 is 1.39 bits per heavy atom. The first-order chi connectivity index (χ1) is 8.61. The van der Waals surface area contributed by atoms with E-state index in [4.69, 9.17) is 27.9 Å². The molecule has 1 aliphatic carbocycles. The second-order valence-electron chi connectivity index (χ2n) is 4.78. The first-order valence-electron chi connectivity index (χ1n) is 6.01. The Balaban J connectivity index is 2.37. The van der Waals surface area contributed by atoms with Crippen molar-refractivity contribution in [3.8, 4) is 6.07 Å². The van der Waals surface area contributed by atoms with Crippen LogP contribution in [0.5, 0.6) is 0 Å². The number of hydrogen-bond donors (Lipinski definition) is 0. The first-order valence-corrected chi connectivity index (χ1v) is 6.76. The summed E-state index contributed by atoms with van der Waals surface area (Å²) in [5.74, 6) is 0. The van der Waals surface area contributed by atoms with E-state index in [1.807, 2.05) is 12.1 Å². The number of nitrogens with zero attached hydrogens (tertiary/aromatic N) is 1. The van der Waals surface area contributed by atoms with Crippen LogP contribution in [-0.4, -0.2) is 13.2 Å². The third-order valence-electron chi connectivity index (χ3n) is 3.73. The van der Waals surface area contributed by atoms with E-state index in [0.29, 0.717) is 10.0 Å². The molecule has 0 heterocycles. The van der Waals surface area contributed by atoms with Gasteiger partial charge in [0.2, 0.25) is 0 Å². The van der Waals surface area contributed by atoms with Crippen molar-refractivity contribution in [3.05, 3.63) is 33.8 Å². The summed E-state index contributed by atoms with van der Waals surface area (Å²) in [5.41, 5.74) is 0.453. The SMILES string of the molecule is CO[C@H]1CCC[C@](C#N)(c2ccc(Cl)c(Cl)c2)C1. The van der Waals surface area contributed by atoms with E-state index in [2.05, 4.69) is 6.07 Å². The second-order valence-corrected chi connectivity index (χ2v) is 5.59. The number of ether oxygens (including phenoxy) is 1. The van der Waals surface area contributed by atoms with Crippen LogP contribution < -0.4 is 0 Å². The van der Waals surface area contributed by atoms with Gasteiger partial charge < -0.3 is 4.74 Å². The Morgan fingerprint density at radius 3 is 2.78 bits per heavy atom. The standard InChI is InChI=1S/C14H15Cl2NO/c1-18-11-3-2-6-14(8-11,9-17)10-4-5-12(15)13(16)7-10/h4-5,7,11H,2-3,6,8H2,1H3/t11-,14-/m0/s1. The van der Waals surface area contributed by atoms with Crippen molar-refractivity contribution < 1.29 is 4.74 Å². The summed E-state index contributed by atoms with van der Waals surface area (Å²) < 4.78 is 5.41. The van der Waals surface area contributed by atoms with Crippen molar-refractivity contribution in [2.24, 2.45) is 0 Å². The Kier molecular flexibility index (Phi) is 4.17. The first kappa shape index (κ1) is 13.7. The zero-order chi connectivity index (χ0) is 13.2. The van der Waals surface area contributed by atoms with Crippen LogP contribution in [-0.2, 0) is 10.2 Å². The van der Waals surface area contributed by atoms with Crippen LogP contribution in [0.2, 0.25) is 10.0 Å². The van der Waals surface area contributed by atoms with Crippen LogP contribution in [0.25, 0.3) is 0 Å². The van der Waals surface area contributed by atoms with Gasteiger partial charge in [0.25, 0.3) is 0 Å². The fraction of sp³-hybridized carbons (Fsp3) is 0.500. The Labute approximate surface area is 117 Å². The third-order valence-corrected chi connectivity index (χ3v) is 4.46. The fourth-order valence-electron chi connectivity index (χ4n) is 2.65. The molecule has 0 unspecified atom stereocenters. The van der Waals surface area contributed by atoms with Crippen LogP contribution in [0.15, 0.2) is 18.2 Å². The van der Waals surface area contributed by atoms with Gasteiger partial charge in [-0.2, -0.15) is 5.26 Å². The minimum absolute atomic E-state index is 0.146. The number of nitriles is 1. The number of halogens is 2. The Bertz CT molecular complexity index is 483. The number of hydrogen-bond acceptors (Lipinski definition) is 2. The summed E-state index contributed by atoms with van der Waals surface area (Å²) in [6, 6.07) is 7.93. The molecular weight excluding hydrogens is 269 g/mol. The van der Waals surface area contributed by atoms with Gasteiger partial charge in [0, 0.05) is 7.11 Å². The van der Waals surface area contributed by atoms with Crippen molar-refractivity contribution in [3.63, 3.8) is 0 Å². The van der Waals surface area contributed by atoms with Crippen molar-refractivity contribution in [1.82, 2.24) is 0 Å². The smallest absolute Gasteiger partial charge is 0.0847 e. The molecule has 0 spiro atoms. The topological polar surface area (TPSA) is 33.0 Å². The number of benzene rings is 1. The van der Waals surface area contributed by atoms with E-state index in [1.54, 1.807) is 13.2 Å². The minimum atomic E-state index is -0.493. The molecule has 0 N–H and O–H groups in total. The molecule has 1 aliphatic rings. The molecule has 0 aliphatic heterocycles. The minimum Gasteiger partial charge on any atom is -0.381 e. The molecule has 18 heavy (non-hydrogen) atoms. The van der Waals surface area contributed by atoms with Gasteiger partial charge in [-0.25, -0.2) is 0 Å². The highest BCUT2D eigenvalue weighted by Crippen LogP contribution is 2.41. The summed E-state index contributed by atoms with van der Waals surface area (Å²) in [6.07, 6.45) is 3.72. The maximum Gasteiger partial charge on any atom is 0.0847 e. The van der Waals surface area contributed by atoms with E-state index >= 15 is 0 Å². The van der Waals surface area contributed by atoms with Crippen molar-refractivity contribution in [2.75, 3.05) is 7.11 Å². The lowest BCUT2D eigenvalue weighted by molar-refractivity contribution is 0.0515. The van der Waals surface area contributed by atoms with Gasteiger partial charge in [-0.15, -0.1) is 0 Å². The van der Waals surface area contributed by atoms with Gasteiger partial charge in [-0.1, -0.05) is 29.3 Å². The molecular formula is C14H15Cl2NO. The summed E-state index contributed by atoms with van der Waals surface area (Å²) in [7, 11) is 1.70. The molecule has 4 heteroatoms. The van der Waals surface area contributed by atoms with Gasteiger partial charge in [-0.3, -0.25) is 0 Å². The van der Waals surface area contributed by atoms with Gasteiger partial charge in [0.05, 0.1) is 27.6 Å². The molecule has 1 aromatic rings. The summed E-state index contributed by atoms with van der Waals surface area (Å²) in [4.78, 5) is 0. The summed E-state index contributed by atoms with van der Waals surface area (Å²) in [6.45, 7) is 0. The molecule has 2 atom stereocenters. The molecule has 0 saturated heterocycles. The van der Waals surface area contributed by atoms with Gasteiger partial charge >= 0.3 is 0 Å². The number of methoxy groups -OCH3 is 1. The third kappa shape index (κ3) is 2.49. The highest BCUT2D eigenvalue weighted by Gasteiger charge is 2.38. The van der Waals surface area contributed by atoms with Gasteiger partial charge in [0.1, 0.15) is 0 Å². The van der Waals surface area contributed by atoms with Crippen molar-refractivity contribution >= 4 is 23.2 Å². The molecule has 2 rings (SSSR count). The quantitative estimate of drug-likeness (QED) is 0.809. The Morgan fingerprint density at radius 2 is 2.17 bits per heavy atom. The zero-order valence-corrected chi connectivity index (χ0v) is 11.8. The second kappa shape index (κ2) is 5.48. The Hall–Kier alpha value is -0.750. The zero-order valence-electron chi connectivity index (χ0n) is 10.2. The summed E-state index contributed by atoms with van der Waals surface area (Å²) in [5, 5.41) is 10.6. The van der Waals surface area contributed by atoms with Gasteiger partial charge in [0.15, 0.2) is 0 Å². The fourth-order valence-corrected chi connectivity index (χ4v) is 2.95. The molecule has 0 amide bonds. The highest BCUT2D eigenvalue weighted by atomic mass is 35.5. The molecule has 1 saturated carbocycles. The lowest BCUT2D eigenvalue weighted by atomic mass is 9.69. The molecule has 1 aromatic carbocycles. The summed E-state index contributed by atoms with van der Waals surface area (Å²) >= 11 is 12.0. The molecule has 1 fully saturated rings. The maximum atomic E-state index is 9.59. The van der Waals surface area contributed by atoms with Crippen LogP contribution in [0.1, 0.15) is 31.2 Å². The average Bonchev–Trinajstić information content (AvgIpc) is 2.41. The predicted molar refractivity (Wildman–Crippen MR) is 73.0 cm³/mol. The molecule has 0 radical (unpaired) electrons. The van der Waals surface area contributed by atoms with Gasteiger partial charge in [-0.05, 0) is 43.4 Å². The molecule has 0 bridgehead atoms. The lowest BCUT2D eigenvalue weighted by Gasteiger charge is -2.35. The molecule has 96 valence electrons. The van der Waals surface area contributed by atoms with E-state index in [0.717, 1.165) is 31.2 Å². The van der Waals surface area contributed by atoms with Crippen molar-refractivity contribution in [2.45, 2.75) is 37.2 Å². The average molecular weight is 284 g/mol. The monoisotopic (exact) mass is 283 g/mol. The molecule has 2 nitrogen and oxygen atoms in total. The molecule has 0 aromatic heterocycles. The van der Waals surface area contributed by atoms with E-state index in [1.165, 1.54) is 0 Å². The number of rotatable bonds is 2. The largest absolute Gasteiger partial charge is 0.381 e. The van der Waals surface area contributed by atoms with Crippen LogP contribution >= 0.6 is 23.2 Å². The lowest BCUT2D eigenvalue weighted by Crippen LogP contribution is -2.34. The van der Waals surface area contributed by atoms with E-state index < -0.39 is 5.41 Å². The van der Waals surface area contributed by atoms with Crippen LogP contribution in [0.4, 0.5) is 0 Å². The maximum absolute atomic E-state index is 9.59. The normalized spacial score (nSPS) is 27.8. The van der Waals surface area contributed by atoms with Crippen LogP contribution in [0, 0.1) is 11.3 Å². The predicted octanol–water partition coefficient (Wildman–Crippen LogP) is 4.34. The van der Waals surface area contributed by atoms with E-state index in [-0.39, 0.29) is 6.10 Å².